The van der Waals surface area contributed by atoms with Crippen LogP contribution in [0.15, 0.2) is 65.2 Å². The highest BCUT2D eigenvalue weighted by atomic mass is 32.2. The molecular formula is C24H24N2O5S. The largest absolute Gasteiger partial charge is 0.454 e. The van der Waals surface area contributed by atoms with Gasteiger partial charge in [-0.25, -0.2) is 13.2 Å². The van der Waals surface area contributed by atoms with Crippen molar-refractivity contribution >= 4 is 27.5 Å². The summed E-state index contributed by atoms with van der Waals surface area (Å²) >= 11 is 0. The van der Waals surface area contributed by atoms with Gasteiger partial charge in [-0.15, -0.1) is 6.42 Å². The predicted octanol–water partition coefficient (Wildman–Crippen LogP) is 2.64. The Morgan fingerprint density at radius 3 is 2.59 bits per heavy atom. The van der Waals surface area contributed by atoms with Crippen LogP contribution in [-0.2, 0) is 25.0 Å². The number of esters is 1. The molecule has 2 aromatic carbocycles. The molecule has 0 aromatic heterocycles. The molecule has 1 aliphatic rings. The number of sulfonamides is 1. The molecule has 32 heavy (non-hydrogen) atoms. The summed E-state index contributed by atoms with van der Waals surface area (Å²) in [4.78, 5) is 26.8. The van der Waals surface area contributed by atoms with Gasteiger partial charge in [0.25, 0.3) is 0 Å². The second kappa shape index (κ2) is 8.99. The van der Waals surface area contributed by atoms with Crippen LogP contribution in [0.3, 0.4) is 0 Å². The van der Waals surface area contributed by atoms with Gasteiger partial charge in [-0.3, -0.25) is 4.79 Å². The van der Waals surface area contributed by atoms with Gasteiger partial charge in [-0.1, -0.05) is 44.0 Å². The van der Waals surface area contributed by atoms with Gasteiger partial charge in [0.15, 0.2) is 12.4 Å². The Kier molecular flexibility index (Phi) is 6.53. The highest BCUT2D eigenvalue weighted by molar-refractivity contribution is 7.89. The van der Waals surface area contributed by atoms with Crippen LogP contribution < -0.4 is 9.62 Å². The van der Waals surface area contributed by atoms with Crippen LogP contribution in [-0.4, -0.2) is 40.4 Å². The van der Waals surface area contributed by atoms with E-state index in [1.165, 1.54) is 30.3 Å². The molecule has 1 aliphatic heterocycles. The van der Waals surface area contributed by atoms with E-state index in [1.54, 1.807) is 0 Å². The molecule has 0 spiro atoms. The number of allylic oxidation sites excluding steroid dienone is 1. The quantitative estimate of drug-likeness (QED) is 0.394. The summed E-state index contributed by atoms with van der Waals surface area (Å²) in [6.45, 7) is 3.42. The van der Waals surface area contributed by atoms with Gasteiger partial charge >= 0.3 is 5.97 Å². The molecule has 0 bridgehead atoms. The van der Waals surface area contributed by atoms with Gasteiger partial charge < -0.3 is 9.64 Å². The molecule has 0 radical (unpaired) electrons. The van der Waals surface area contributed by atoms with E-state index in [2.05, 4.69) is 10.6 Å². The van der Waals surface area contributed by atoms with Crippen molar-refractivity contribution in [2.24, 2.45) is 0 Å². The van der Waals surface area contributed by atoms with E-state index in [4.69, 9.17) is 11.2 Å². The van der Waals surface area contributed by atoms with E-state index in [0.717, 1.165) is 16.9 Å². The number of anilines is 1. The molecule has 1 heterocycles. The minimum atomic E-state index is -3.85. The number of likely N-dealkylation sites (N-methyl/N-ethyl adjacent to an activating group) is 1. The molecule has 166 valence electrons. The lowest BCUT2D eigenvalue weighted by Crippen LogP contribution is -2.25. The molecule has 0 fully saturated rings. The molecule has 3 rings (SSSR count). The number of carbonyl (C=O) groups excluding carboxylic acids is 2. The van der Waals surface area contributed by atoms with E-state index in [1.807, 2.05) is 50.1 Å². The average molecular weight is 453 g/mol. The second-order valence-electron chi connectivity index (χ2n) is 7.83. The molecule has 0 saturated carbocycles. The van der Waals surface area contributed by atoms with E-state index in [-0.39, 0.29) is 28.2 Å². The number of ether oxygens (including phenoxy) is 1. The van der Waals surface area contributed by atoms with Crippen LogP contribution in [0.2, 0.25) is 0 Å². The van der Waals surface area contributed by atoms with E-state index in [9.17, 15) is 18.0 Å². The summed E-state index contributed by atoms with van der Waals surface area (Å²) in [6.07, 6.45) is 6.56. The van der Waals surface area contributed by atoms with Crippen molar-refractivity contribution in [3.63, 3.8) is 0 Å². The lowest BCUT2D eigenvalue weighted by atomic mass is 9.83. The number of hydrogen-bond donors (Lipinski definition) is 1. The number of para-hydroxylation sites is 1. The van der Waals surface area contributed by atoms with Gasteiger partial charge in [0, 0.05) is 29.9 Å². The molecule has 0 saturated heterocycles. The maximum atomic E-state index is 12.6. The molecular weight excluding hydrogens is 428 g/mol. The minimum absolute atomic E-state index is 0.0137. The van der Waals surface area contributed by atoms with Gasteiger partial charge in [0.05, 0.1) is 17.0 Å². The number of ketones is 1. The topological polar surface area (TPSA) is 92.8 Å². The van der Waals surface area contributed by atoms with Gasteiger partial charge in [0.1, 0.15) is 0 Å². The summed E-state index contributed by atoms with van der Waals surface area (Å²) in [7, 11) is -1.97. The minimum Gasteiger partial charge on any atom is -0.454 e. The normalized spacial score (nSPS) is 15.8. The number of carbonyl (C=O) groups is 2. The van der Waals surface area contributed by atoms with Crippen molar-refractivity contribution in [2.45, 2.75) is 24.2 Å². The molecule has 8 heteroatoms. The lowest BCUT2D eigenvalue weighted by Gasteiger charge is -2.23. The molecule has 0 amide bonds. The molecule has 2 aromatic rings. The van der Waals surface area contributed by atoms with Crippen molar-refractivity contribution in [2.75, 3.05) is 25.1 Å². The van der Waals surface area contributed by atoms with Gasteiger partial charge in [0.2, 0.25) is 10.0 Å². The van der Waals surface area contributed by atoms with E-state index >= 15 is 0 Å². The second-order valence-corrected chi connectivity index (χ2v) is 9.60. The fourth-order valence-corrected chi connectivity index (χ4v) is 4.66. The Morgan fingerprint density at radius 2 is 1.91 bits per heavy atom. The Hall–Kier alpha value is -3.41. The van der Waals surface area contributed by atoms with Crippen LogP contribution in [0, 0.1) is 12.3 Å². The Bertz CT molecular complexity index is 1240. The third kappa shape index (κ3) is 4.59. The summed E-state index contributed by atoms with van der Waals surface area (Å²) in [5.41, 5.74) is 2.56. The molecule has 0 unspecified atom stereocenters. The highest BCUT2D eigenvalue weighted by Crippen LogP contribution is 2.46. The first kappa shape index (κ1) is 23.3. The molecule has 7 nitrogen and oxygen atoms in total. The van der Waals surface area contributed by atoms with Crippen molar-refractivity contribution in [1.29, 1.82) is 0 Å². The Balaban J connectivity index is 1.71. The number of benzene rings is 2. The Morgan fingerprint density at radius 1 is 1.19 bits per heavy atom. The first-order chi connectivity index (χ1) is 15.1. The SMILES string of the molecule is C#CCNS(=O)(=O)c1cccc(C(=O)OCC(=O)/C=C2\N(C)c3ccccc3C2(C)C)c1. The van der Waals surface area contributed by atoms with Crippen molar-refractivity contribution in [1.82, 2.24) is 4.72 Å². The number of hydrogen-bond acceptors (Lipinski definition) is 6. The Labute approximate surface area is 188 Å². The van der Waals surface area contributed by atoms with Crippen molar-refractivity contribution < 1.29 is 22.7 Å². The number of terminal acetylenes is 1. The van der Waals surface area contributed by atoms with Crippen LogP contribution >= 0.6 is 0 Å². The summed E-state index contributed by atoms with van der Waals surface area (Å²) in [5, 5.41) is 0. The smallest absolute Gasteiger partial charge is 0.338 e. The molecule has 1 N–H and O–H groups in total. The maximum absolute atomic E-state index is 12.6. The lowest BCUT2D eigenvalue weighted by molar-refractivity contribution is -0.117. The average Bonchev–Trinajstić information content (AvgIpc) is 2.97. The fraction of sp³-hybridized carbons (Fsp3) is 0.250. The summed E-state index contributed by atoms with van der Waals surface area (Å²) < 4.78 is 31.7. The number of fused-ring (bicyclic) bond motifs is 1. The van der Waals surface area contributed by atoms with Gasteiger partial charge in [-0.05, 0) is 29.8 Å². The third-order valence-electron chi connectivity index (χ3n) is 5.33. The van der Waals surface area contributed by atoms with Crippen molar-refractivity contribution in [3.8, 4) is 12.3 Å². The summed E-state index contributed by atoms with van der Waals surface area (Å²) in [6, 6.07) is 13.2. The zero-order valence-corrected chi connectivity index (χ0v) is 18.9. The standard InChI is InChI=1S/C24H24N2O5S/c1-5-13-25-32(29,30)19-10-8-9-17(14-19)23(28)31-16-18(27)15-22-24(2,3)20-11-6-7-12-21(20)26(22)4/h1,6-12,14-15,25H,13,16H2,2-4H3/b22-15-. The van der Waals surface area contributed by atoms with Crippen molar-refractivity contribution in [3.05, 3.63) is 71.4 Å². The van der Waals surface area contributed by atoms with Crippen LogP contribution in [0.25, 0.3) is 0 Å². The van der Waals surface area contributed by atoms with Crippen LogP contribution in [0.4, 0.5) is 5.69 Å². The highest BCUT2D eigenvalue weighted by Gasteiger charge is 2.38. The van der Waals surface area contributed by atoms with Crippen LogP contribution in [0.1, 0.15) is 29.8 Å². The van der Waals surface area contributed by atoms with E-state index in [0.29, 0.717) is 0 Å². The molecule has 0 atom stereocenters. The number of rotatable bonds is 7. The maximum Gasteiger partial charge on any atom is 0.338 e. The zero-order valence-electron chi connectivity index (χ0n) is 18.1. The zero-order chi connectivity index (χ0) is 23.5. The first-order valence-corrected chi connectivity index (χ1v) is 11.3. The van der Waals surface area contributed by atoms with Gasteiger partial charge in [-0.2, -0.15) is 4.72 Å². The van der Waals surface area contributed by atoms with E-state index < -0.39 is 22.6 Å². The third-order valence-corrected chi connectivity index (χ3v) is 6.73. The first-order valence-electron chi connectivity index (χ1n) is 9.86. The molecule has 0 aliphatic carbocycles. The fourth-order valence-electron chi connectivity index (χ4n) is 3.68. The summed E-state index contributed by atoms with van der Waals surface area (Å²) in [5.74, 6) is 1.01. The number of nitrogens with zero attached hydrogens (tertiary/aromatic N) is 1. The van der Waals surface area contributed by atoms with Crippen LogP contribution in [0.5, 0.6) is 0 Å². The number of nitrogens with one attached hydrogen (secondary N) is 1. The monoisotopic (exact) mass is 452 g/mol. The predicted molar refractivity (Wildman–Crippen MR) is 122 cm³/mol.